The number of hydrogen-bond acceptors (Lipinski definition) is 4. The number of nitrogens with two attached hydrogens (primary N) is 1. The van der Waals surface area contributed by atoms with Gasteiger partial charge < -0.3 is 5.73 Å². The van der Waals surface area contributed by atoms with Crippen LogP contribution in [0.5, 0.6) is 0 Å². The second-order valence-corrected chi connectivity index (χ2v) is 2.72. The van der Waals surface area contributed by atoms with Crippen molar-refractivity contribution in [1.82, 2.24) is 14.8 Å². The number of anilines is 1. The first-order valence-corrected chi connectivity index (χ1v) is 3.96. The molecule has 5 heteroatoms. The van der Waals surface area contributed by atoms with Crippen LogP contribution in [0, 0.1) is 11.3 Å². The quantitative estimate of drug-likeness (QED) is 0.664. The SMILES string of the molecule is N#Cc1cccc(-n2cnnc2)c1N. The van der Waals surface area contributed by atoms with Gasteiger partial charge in [0.25, 0.3) is 0 Å². The van der Waals surface area contributed by atoms with E-state index < -0.39 is 0 Å². The van der Waals surface area contributed by atoms with Gasteiger partial charge in [0.2, 0.25) is 0 Å². The third-order valence-corrected chi connectivity index (χ3v) is 1.90. The van der Waals surface area contributed by atoms with Gasteiger partial charge in [-0.05, 0) is 12.1 Å². The van der Waals surface area contributed by atoms with E-state index in [4.69, 9.17) is 11.0 Å². The Morgan fingerprint density at radius 3 is 2.64 bits per heavy atom. The van der Waals surface area contributed by atoms with Gasteiger partial charge in [0.15, 0.2) is 0 Å². The molecular weight excluding hydrogens is 178 g/mol. The van der Waals surface area contributed by atoms with Crippen molar-refractivity contribution >= 4 is 5.69 Å². The lowest BCUT2D eigenvalue weighted by molar-refractivity contribution is 1.06. The highest BCUT2D eigenvalue weighted by molar-refractivity contribution is 5.66. The van der Waals surface area contributed by atoms with E-state index in [1.54, 1.807) is 22.8 Å². The first-order valence-electron chi connectivity index (χ1n) is 3.96. The highest BCUT2D eigenvalue weighted by Gasteiger charge is 2.05. The van der Waals surface area contributed by atoms with Gasteiger partial charge in [-0.3, -0.25) is 4.57 Å². The summed E-state index contributed by atoms with van der Waals surface area (Å²) in [4.78, 5) is 0. The Morgan fingerprint density at radius 2 is 2.00 bits per heavy atom. The summed E-state index contributed by atoms with van der Waals surface area (Å²) in [6.07, 6.45) is 3.07. The summed E-state index contributed by atoms with van der Waals surface area (Å²) in [6.45, 7) is 0. The zero-order valence-corrected chi connectivity index (χ0v) is 7.25. The van der Waals surface area contributed by atoms with Gasteiger partial charge in [-0.25, -0.2) is 0 Å². The summed E-state index contributed by atoms with van der Waals surface area (Å²) >= 11 is 0. The molecule has 0 saturated heterocycles. The van der Waals surface area contributed by atoms with Crippen molar-refractivity contribution < 1.29 is 0 Å². The molecule has 2 aromatic rings. The van der Waals surface area contributed by atoms with Crippen LogP contribution in [0.15, 0.2) is 30.9 Å². The Bertz CT molecular complexity index is 480. The average Bonchev–Trinajstić information content (AvgIpc) is 2.71. The van der Waals surface area contributed by atoms with E-state index in [-0.39, 0.29) is 0 Å². The molecule has 2 N–H and O–H groups in total. The number of nitrogens with zero attached hydrogens (tertiary/aromatic N) is 4. The van der Waals surface area contributed by atoms with Gasteiger partial charge in [0, 0.05) is 0 Å². The lowest BCUT2D eigenvalue weighted by Gasteiger charge is -2.05. The van der Waals surface area contributed by atoms with E-state index in [9.17, 15) is 0 Å². The maximum Gasteiger partial charge on any atom is 0.123 e. The van der Waals surface area contributed by atoms with Crippen LogP contribution in [-0.4, -0.2) is 14.8 Å². The van der Waals surface area contributed by atoms with Crippen molar-refractivity contribution in [3.63, 3.8) is 0 Å². The zero-order chi connectivity index (χ0) is 9.97. The highest BCUT2D eigenvalue weighted by atomic mass is 15.2. The predicted octanol–water partition coefficient (Wildman–Crippen LogP) is 0.721. The lowest BCUT2D eigenvalue weighted by Crippen LogP contribution is -1.99. The summed E-state index contributed by atoms with van der Waals surface area (Å²) < 4.78 is 1.66. The highest BCUT2D eigenvalue weighted by Crippen LogP contribution is 2.19. The van der Waals surface area contributed by atoms with Gasteiger partial charge in [0.05, 0.1) is 16.9 Å². The van der Waals surface area contributed by atoms with Crippen LogP contribution in [0.25, 0.3) is 5.69 Å². The van der Waals surface area contributed by atoms with E-state index in [1.165, 1.54) is 12.7 Å². The molecule has 0 bridgehead atoms. The zero-order valence-electron chi connectivity index (χ0n) is 7.25. The predicted molar refractivity (Wildman–Crippen MR) is 50.5 cm³/mol. The minimum Gasteiger partial charge on any atom is -0.396 e. The Labute approximate surface area is 80.4 Å². The number of nitriles is 1. The van der Waals surface area contributed by atoms with E-state index in [0.717, 1.165) is 0 Å². The van der Waals surface area contributed by atoms with Gasteiger partial charge in [-0.1, -0.05) is 6.07 Å². The van der Waals surface area contributed by atoms with Crippen molar-refractivity contribution in [1.29, 1.82) is 5.26 Å². The Morgan fingerprint density at radius 1 is 1.29 bits per heavy atom. The number of nitrogen functional groups attached to an aromatic ring is 1. The monoisotopic (exact) mass is 185 g/mol. The fourth-order valence-electron chi connectivity index (χ4n) is 1.20. The van der Waals surface area contributed by atoms with Gasteiger partial charge in [0.1, 0.15) is 18.7 Å². The maximum atomic E-state index is 8.77. The Balaban J connectivity index is 2.61. The molecule has 0 aliphatic carbocycles. The van der Waals surface area contributed by atoms with E-state index >= 15 is 0 Å². The normalized spacial score (nSPS) is 9.64. The Kier molecular flexibility index (Phi) is 1.88. The average molecular weight is 185 g/mol. The van der Waals surface area contributed by atoms with Crippen molar-refractivity contribution in [3.8, 4) is 11.8 Å². The summed E-state index contributed by atoms with van der Waals surface area (Å²) in [7, 11) is 0. The van der Waals surface area contributed by atoms with Crippen molar-refractivity contribution in [2.24, 2.45) is 0 Å². The van der Waals surface area contributed by atoms with Crippen LogP contribution in [0.1, 0.15) is 5.56 Å². The Hall–Kier alpha value is -2.35. The second-order valence-electron chi connectivity index (χ2n) is 2.72. The molecule has 1 aromatic heterocycles. The molecule has 14 heavy (non-hydrogen) atoms. The maximum absolute atomic E-state index is 8.77. The minimum atomic E-state index is 0.440. The largest absolute Gasteiger partial charge is 0.396 e. The fraction of sp³-hybridized carbons (Fsp3) is 0. The third-order valence-electron chi connectivity index (χ3n) is 1.90. The molecule has 0 spiro atoms. The van der Waals surface area contributed by atoms with Crippen LogP contribution in [0.3, 0.4) is 0 Å². The van der Waals surface area contributed by atoms with Crippen LogP contribution < -0.4 is 5.73 Å². The fourth-order valence-corrected chi connectivity index (χ4v) is 1.20. The molecule has 0 unspecified atom stereocenters. The van der Waals surface area contributed by atoms with Crippen LogP contribution in [0.4, 0.5) is 5.69 Å². The summed E-state index contributed by atoms with van der Waals surface area (Å²) in [6, 6.07) is 7.26. The van der Waals surface area contributed by atoms with E-state index in [2.05, 4.69) is 10.2 Å². The second kappa shape index (κ2) is 3.18. The topological polar surface area (TPSA) is 80.5 Å². The lowest BCUT2D eigenvalue weighted by atomic mass is 10.1. The molecule has 0 fully saturated rings. The van der Waals surface area contributed by atoms with Crippen LogP contribution >= 0.6 is 0 Å². The van der Waals surface area contributed by atoms with Crippen LogP contribution in [-0.2, 0) is 0 Å². The summed E-state index contributed by atoms with van der Waals surface area (Å²) in [5.41, 5.74) is 7.40. The van der Waals surface area contributed by atoms with E-state index in [1.807, 2.05) is 6.07 Å². The molecule has 1 heterocycles. The number of hydrogen-bond donors (Lipinski definition) is 1. The first-order chi connectivity index (χ1) is 6.83. The number of benzene rings is 1. The molecule has 68 valence electrons. The molecule has 5 nitrogen and oxygen atoms in total. The number of rotatable bonds is 1. The van der Waals surface area contributed by atoms with Crippen molar-refractivity contribution in [2.45, 2.75) is 0 Å². The van der Waals surface area contributed by atoms with Gasteiger partial charge in [-0.15, -0.1) is 10.2 Å². The van der Waals surface area contributed by atoms with Gasteiger partial charge in [-0.2, -0.15) is 5.26 Å². The molecule has 0 aliphatic heterocycles. The third kappa shape index (κ3) is 1.19. The number of aromatic nitrogens is 3. The summed E-state index contributed by atoms with van der Waals surface area (Å²) in [5.74, 6) is 0. The molecular formula is C9H7N5. The molecule has 2 rings (SSSR count). The summed E-state index contributed by atoms with van der Waals surface area (Å²) in [5, 5.41) is 16.1. The molecule has 0 atom stereocenters. The molecule has 0 saturated carbocycles. The molecule has 1 aromatic carbocycles. The van der Waals surface area contributed by atoms with Crippen molar-refractivity contribution in [2.75, 3.05) is 5.73 Å². The first kappa shape index (κ1) is 8.26. The molecule has 0 radical (unpaired) electrons. The molecule has 0 amide bonds. The standard InChI is InChI=1S/C9H7N5/c10-4-7-2-1-3-8(9(7)11)14-5-12-13-6-14/h1-3,5-6H,11H2. The minimum absolute atomic E-state index is 0.440. The van der Waals surface area contributed by atoms with Crippen LogP contribution in [0.2, 0.25) is 0 Å². The molecule has 0 aliphatic rings. The van der Waals surface area contributed by atoms with E-state index in [0.29, 0.717) is 16.9 Å². The van der Waals surface area contributed by atoms with Gasteiger partial charge >= 0.3 is 0 Å². The van der Waals surface area contributed by atoms with Crippen molar-refractivity contribution in [3.05, 3.63) is 36.4 Å². The number of para-hydroxylation sites is 1. The smallest absolute Gasteiger partial charge is 0.123 e.